The molecule has 0 spiro atoms. The fourth-order valence-electron chi connectivity index (χ4n) is 1.09. The average Bonchev–Trinajstić information content (AvgIpc) is 2.17. The van der Waals surface area contributed by atoms with Crippen LogP contribution in [0.3, 0.4) is 0 Å². The predicted octanol–water partition coefficient (Wildman–Crippen LogP) is 0.0163. The van der Waals surface area contributed by atoms with Crippen LogP contribution in [-0.4, -0.2) is 26.0 Å². The van der Waals surface area contributed by atoms with Crippen LogP contribution in [0.5, 0.6) is 0 Å². The molecule has 2 heterocycles. The van der Waals surface area contributed by atoms with Crippen molar-refractivity contribution in [1.82, 2.24) is 15.0 Å². The molecule has 0 aliphatic carbocycles. The summed E-state index contributed by atoms with van der Waals surface area (Å²) < 4.78 is 0. The highest BCUT2D eigenvalue weighted by molar-refractivity contribution is 5.86. The van der Waals surface area contributed by atoms with E-state index in [0.29, 0.717) is 5.39 Å². The minimum absolute atomic E-state index is 0.272. The van der Waals surface area contributed by atoms with Gasteiger partial charge in [-0.2, -0.15) is 0 Å². The van der Waals surface area contributed by atoms with Crippen molar-refractivity contribution < 1.29 is 9.90 Å². The van der Waals surface area contributed by atoms with Crippen molar-refractivity contribution in [3.8, 4) is 0 Å². The Kier molecular flexibility index (Phi) is 1.74. The minimum atomic E-state index is -1.27. The molecule has 6 nitrogen and oxygen atoms in total. The van der Waals surface area contributed by atoms with Crippen LogP contribution in [0, 0.1) is 0 Å². The third kappa shape index (κ3) is 1.22. The number of carboxylic acid groups (broad SMARTS) is 1. The van der Waals surface area contributed by atoms with Crippen molar-refractivity contribution >= 4 is 16.9 Å². The number of pyridine rings is 1. The van der Waals surface area contributed by atoms with Crippen molar-refractivity contribution in [3.63, 3.8) is 0 Å². The van der Waals surface area contributed by atoms with Crippen LogP contribution in [0.4, 0.5) is 0 Å². The first-order valence-electron chi connectivity index (χ1n) is 3.76. The lowest BCUT2D eigenvalue weighted by molar-refractivity contribution is 0.0683. The second kappa shape index (κ2) is 2.91. The largest absolute Gasteiger partial charge is 0.475 e. The first kappa shape index (κ1) is 8.36. The topological polar surface area (TPSA) is 95.9 Å². The van der Waals surface area contributed by atoms with Gasteiger partial charge in [0, 0.05) is 6.20 Å². The minimum Gasteiger partial charge on any atom is -0.475 e. The van der Waals surface area contributed by atoms with Gasteiger partial charge in [-0.1, -0.05) is 0 Å². The lowest BCUT2D eigenvalue weighted by Crippen LogP contribution is -2.15. The zero-order chi connectivity index (χ0) is 10.1. The van der Waals surface area contributed by atoms with Gasteiger partial charge in [0.1, 0.15) is 0 Å². The number of H-pyrrole nitrogens is 1. The number of nitrogens with zero attached hydrogens (tertiary/aromatic N) is 2. The molecule has 2 rings (SSSR count). The van der Waals surface area contributed by atoms with E-state index < -0.39 is 11.5 Å². The number of hydrogen-bond donors (Lipinski definition) is 2. The number of rotatable bonds is 1. The zero-order valence-electron chi connectivity index (χ0n) is 6.89. The lowest BCUT2D eigenvalue weighted by atomic mass is 10.3. The standard InChI is InChI=1S/C8H5N3O3/c12-7-4-1-2-9-3-5(4)10-6(11-7)8(13)14/h1-3H,(H,13,14)(H,10,11,12). The Morgan fingerprint density at radius 3 is 3.00 bits per heavy atom. The Hall–Kier alpha value is -2.24. The molecule has 0 bridgehead atoms. The highest BCUT2D eigenvalue weighted by Crippen LogP contribution is 2.02. The zero-order valence-corrected chi connectivity index (χ0v) is 6.89. The van der Waals surface area contributed by atoms with E-state index >= 15 is 0 Å². The number of aromatic nitrogens is 3. The predicted molar refractivity (Wildman–Crippen MR) is 47.1 cm³/mol. The SMILES string of the molecule is O=C(O)c1nc2cnccc2c(=O)[nH]1. The summed E-state index contributed by atoms with van der Waals surface area (Å²) >= 11 is 0. The summed E-state index contributed by atoms with van der Waals surface area (Å²) in [4.78, 5) is 31.5. The van der Waals surface area contributed by atoms with Crippen LogP contribution in [-0.2, 0) is 0 Å². The Balaban J connectivity index is 2.86. The Morgan fingerprint density at radius 2 is 2.29 bits per heavy atom. The summed E-state index contributed by atoms with van der Waals surface area (Å²) in [6, 6.07) is 1.48. The molecule has 0 saturated heterocycles. The summed E-state index contributed by atoms with van der Waals surface area (Å²) in [5.74, 6) is -1.65. The van der Waals surface area contributed by atoms with Crippen LogP contribution in [0.1, 0.15) is 10.6 Å². The molecule has 0 radical (unpaired) electrons. The monoisotopic (exact) mass is 191 g/mol. The summed E-state index contributed by atoms with van der Waals surface area (Å²) in [6.07, 6.45) is 2.79. The molecule has 0 aliphatic rings. The molecular formula is C8H5N3O3. The summed E-state index contributed by atoms with van der Waals surface area (Å²) in [6.45, 7) is 0. The number of aromatic amines is 1. The van der Waals surface area contributed by atoms with Crippen LogP contribution in [0.2, 0.25) is 0 Å². The van der Waals surface area contributed by atoms with Crippen LogP contribution >= 0.6 is 0 Å². The van der Waals surface area contributed by atoms with Crippen LogP contribution in [0.25, 0.3) is 10.9 Å². The molecule has 14 heavy (non-hydrogen) atoms. The van der Waals surface area contributed by atoms with E-state index in [-0.39, 0.29) is 11.3 Å². The second-order valence-electron chi connectivity index (χ2n) is 2.61. The fraction of sp³-hybridized carbons (Fsp3) is 0. The van der Waals surface area contributed by atoms with Crippen LogP contribution < -0.4 is 5.56 Å². The smallest absolute Gasteiger partial charge is 0.372 e. The van der Waals surface area contributed by atoms with Gasteiger partial charge < -0.3 is 10.1 Å². The van der Waals surface area contributed by atoms with Gasteiger partial charge in [-0.25, -0.2) is 9.78 Å². The lowest BCUT2D eigenvalue weighted by Gasteiger charge is -1.96. The molecular weight excluding hydrogens is 186 g/mol. The van der Waals surface area contributed by atoms with Gasteiger partial charge in [0.15, 0.2) is 0 Å². The maximum atomic E-state index is 11.3. The van der Waals surface area contributed by atoms with Gasteiger partial charge in [-0.15, -0.1) is 0 Å². The number of fused-ring (bicyclic) bond motifs is 1. The van der Waals surface area contributed by atoms with Crippen molar-refractivity contribution in [2.24, 2.45) is 0 Å². The van der Waals surface area contributed by atoms with Crippen molar-refractivity contribution in [2.45, 2.75) is 0 Å². The maximum Gasteiger partial charge on any atom is 0.372 e. The summed E-state index contributed by atoms with van der Waals surface area (Å²) in [7, 11) is 0. The van der Waals surface area contributed by atoms with Gasteiger partial charge in [-0.3, -0.25) is 9.78 Å². The van der Waals surface area contributed by atoms with Crippen molar-refractivity contribution in [1.29, 1.82) is 0 Å². The van der Waals surface area contributed by atoms with Gasteiger partial charge in [0.2, 0.25) is 5.82 Å². The van der Waals surface area contributed by atoms with Gasteiger partial charge in [0.25, 0.3) is 5.56 Å². The highest BCUT2D eigenvalue weighted by Gasteiger charge is 2.08. The number of aromatic carboxylic acids is 1. The molecule has 0 unspecified atom stereocenters. The molecule has 6 heteroatoms. The second-order valence-corrected chi connectivity index (χ2v) is 2.61. The number of hydrogen-bond acceptors (Lipinski definition) is 4. The quantitative estimate of drug-likeness (QED) is 0.662. The maximum absolute atomic E-state index is 11.3. The first-order chi connectivity index (χ1) is 6.68. The van der Waals surface area contributed by atoms with E-state index in [1.54, 1.807) is 0 Å². The Bertz CT molecular complexity index is 561. The van der Waals surface area contributed by atoms with E-state index in [1.165, 1.54) is 18.5 Å². The molecule has 2 aromatic heterocycles. The molecule has 2 aromatic rings. The van der Waals surface area contributed by atoms with Crippen molar-refractivity contribution in [2.75, 3.05) is 0 Å². The fourth-order valence-corrected chi connectivity index (χ4v) is 1.09. The highest BCUT2D eigenvalue weighted by atomic mass is 16.4. The van der Waals surface area contributed by atoms with Gasteiger partial charge >= 0.3 is 5.97 Å². The molecule has 0 aliphatic heterocycles. The van der Waals surface area contributed by atoms with Crippen LogP contribution in [0.15, 0.2) is 23.3 Å². The normalized spacial score (nSPS) is 10.3. The summed E-state index contributed by atoms with van der Waals surface area (Å²) in [5, 5.41) is 8.94. The van der Waals surface area contributed by atoms with Crippen molar-refractivity contribution in [3.05, 3.63) is 34.6 Å². The van der Waals surface area contributed by atoms with E-state index in [0.717, 1.165) is 0 Å². The molecule has 0 aromatic carbocycles. The van der Waals surface area contributed by atoms with Gasteiger partial charge in [-0.05, 0) is 6.07 Å². The molecule has 0 amide bonds. The van der Waals surface area contributed by atoms with E-state index in [1.807, 2.05) is 0 Å². The molecule has 2 N–H and O–H groups in total. The van der Waals surface area contributed by atoms with E-state index in [9.17, 15) is 9.59 Å². The first-order valence-corrected chi connectivity index (χ1v) is 3.76. The average molecular weight is 191 g/mol. The third-order valence-corrected chi connectivity index (χ3v) is 1.71. The molecule has 70 valence electrons. The molecule has 0 atom stereocenters. The van der Waals surface area contributed by atoms with Gasteiger partial charge in [0.05, 0.1) is 17.1 Å². The number of nitrogens with one attached hydrogen (secondary N) is 1. The Labute approximate surface area is 77.3 Å². The molecule has 0 saturated carbocycles. The van der Waals surface area contributed by atoms with E-state index in [2.05, 4.69) is 15.0 Å². The van der Waals surface area contributed by atoms with E-state index in [4.69, 9.17) is 5.11 Å². The number of carboxylic acids is 1. The number of carbonyl (C=O) groups is 1. The third-order valence-electron chi connectivity index (χ3n) is 1.71. The Morgan fingerprint density at radius 1 is 1.50 bits per heavy atom. The molecule has 0 fully saturated rings. The summed E-state index contributed by atoms with van der Waals surface area (Å²) in [5.41, 5.74) is -0.205.